The Kier molecular flexibility index (Phi) is 10.3. The largest absolute Gasteiger partial charge is 0.371 e. The van der Waals surface area contributed by atoms with E-state index < -0.39 is 17.0 Å². The number of nitrogens with zero attached hydrogens (tertiary/aromatic N) is 2. The molecule has 1 aliphatic rings. The average Bonchev–Trinajstić information content (AvgIpc) is 2.95. The molecule has 3 aromatic carbocycles. The van der Waals surface area contributed by atoms with Gasteiger partial charge in [0, 0.05) is 35.2 Å². The third-order valence-electron chi connectivity index (χ3n) is 6.94. The van der Waals surface area contributed by atoms with Crippen LogP contribution in [-0.2, 0) is 16.1 Å². The van der Waals surface area contributed by atoms with Crippen molar-refractivity contribution in [3.8, 4) is 0 Å². The number of thioether (sulfide) groups is 1. The molecule has 3 aromatic rings. The summed E-state index contributed by atoms with van der Waals surface area (Å²) >= 11 is 7.70. The number of unbranched alkanes of at least 4 members (excludes halogenated alkanes) is 1. The Labute approximate surface area is 239 Å². The summed E-state index contributed by atoms with van der Waals surface area (Å²) in [5, 5.41) is 2.74. The maximum absolute atomic E-state index is 13.7. The topological polar surface area (TPSA) is 52.7 Å². The summed E-state index contributed by atoms with van der Waals surface area (Å²) in [6.07, 6.45) is 3.04. The van der Waals surface area contributed by atoms with Gasteiger partial charge in [-0.1, -0.05) is 68.3 Å². The maximum Gasteiger partial charge on any atom is 0.241 e. The first-order valence-corrected chi connectivity index (χ1v) is 14.7. The van der Waals surface area contributed by atoms with E-state index in [-0.39, 0.29) is 23.4 Å². The lowest BCUT2D eigenvalue weighted by Crippen LogP contribution is -2.47. The predicted octanol–water partition coefficient (Wildman–Crippen LogP) is 6.94. The number of hydrogen-bond acceptors (Lipinski definition) is 4. The number of fused-ring (bicyclic) bond motifs is 1. The molecular weight excluding hydrogens is 533 g/mol. The molecule has 1 heterocycles. The number of rotatable bonds is 12. The van der Waals surface area contributed by atoms with Gasteiger partial charge in [0.15, 0.2) is 0 Å². The van der Waals surface area contributed by atoms with Gasteiger partial charge in [0.2, 0.25) is 11.8 Å². The van der Waals surface area contributed by atoms with Crippen molar-refractivity contribution in [2.75, 3.05) is 29.4 Å². The van der Waals surface area contributed by atoms with Crippen molar-refractivity contribution < 1.29 is 14.0 Å². The van der Waals surface area contributed by atoms with Gasteiger partial charge in [-0.3, -0.25) is 9.59 Å². The van der Waals surface area contributed by atoms with Gasteiger partial charge in [-0.2, -0.15) is 0 Å². The summed E-state index contributed by atoms with van der Waals surface area (Å²) < 4.78 is 13.6. The zero-order valence-electron chi connectivity index (χ0n) is 22.4. The van der Waals surface area contributed by atoms with Gasteiger partial charge in [0.05, 0.1) is 18.2 Å². The van der Waals surface area contributed by atoms with E-state index in [1.807, 2.05) is 42.5 Å². The summed E-state index contributed by atoms with van der Waals surface area (Å²) in [6.45, 7) is 6.55. The lowest BCUT2D eigenvalue weighted by atomic mass is 10.0. The van der Waals surface area contributed by atoms with E-state index in [2.05, 4.69) is 29.3 Å². The van der Waals surface area contributed by atoms with Crippen LogP contribution in [0, 0.1) is 11.7 Å². The second kappa shape index (κ2) is 13.9. The minimum Gasteiger partial charge on any atom is -0.371 e. The molecule has 4 rings (SSSR count). The van der Waals surface area contributed by atoms with E-state index in [1.165, 1.54) is 29.6 Å². The molecule has 5 nitrogen and oxygen atoms in total. The smallest absolute Gasteiger partial charge is 0.241 e. The molecule has 0 saturated heterocycles. The molecule has 0 aromatic heterocycles. The highest BCUT2D eigenvalue weighted by Gasteiger charge is 2.39. The Morgan fingerprint density at radius 1 is 1.08 bits per heavy atom. The predicted molar refractivity (Wildman–Crippen MR) is 159 cm³/mol. The molecule has 0 spiro atoms. The SMILES string of the molecule is CCCCN(CCCNC(=O)[C@H](C)[C@@H]1Sc2ccccc2N(Cc2ccc(F)cc2Cl)C1=O)c1ccccc1. The quantitative estimate of drug-likeness (QED) is 0.241. The molecular formula is C31H35ClFN3O2S. The molecule has 0 unspecified atom stereocenters. The van der Waals surface area contributed by atoms with Crippen LogP contribution < -0.4 is 15.1 Å². The van der Waals surface area contributed by atoms with Gasteiger partial charge >= 0.3 is 0 Å². The Bertz CT molecular complexity index is 1280. The van der Waals surface area contributed by atoms with Crippen LogP contribution in [0.1, 0.15) is 38.7 Å². The van der Waals surface area contributed by atoms with Crippen LogP contribution in [0.5, 0.6) is 0 Å². The number of benzene rings is 3. The first-order valence-electron chi connectivity index (χ1n) is 13.5. The molecule has 2 amide bonds. The summed E-state index contributed by atoms with van der Waals surface area (Å²) in [6, 6.07) is 22.2. The summed E-state index contributed by atoms with van der Waals surface area (Å²) in [5.74, 6) is -1.26. The summed E-state index contributed by atoms with van der Waals surface area (Å²) in [4.78, 5) is 31.8. The van der Waals surface area contributed by atoms with Crippen LogP contribution in [0.25, 0.3) is 0 Å². The first-order chi connectivity index (χ1) is 18.9. The molecule has 8 heteroatoms. The average molecular weight is 568 g/mol. The minimum atomic E-state index is -0.579. The van der Waals surface area contributed by atoms with E-state index in [9.17, 15) is 14.0 Å². The lowest BCUT2D eigenvalue weighted by molar-refractivity contribution is -0.128. The first kappa shape index (κ1) is 29.0. The van der Waals surface area contributed by atoms with Crippen LogP contribution in [0.3, 0.4) is 0 Å². The van der Waals surface area contributed by atoms with Gasteiger partial charge in [0.1, 0.15) is 11.1 Å². The molecule has 2 atom stereocenters. The van der Waals surface area contributed by atoms with Gasteiger partial charge in [-0.15, -0.1) is 11.8 Å². The molecule has 1 N–H and O–H groups in total. The number of hydrogen-bond donors (Lipinski definition) is 1. The Morgan fingerprint density at radius 3 is 2.54 bits per heavy atom. The molecule has 39 heavy (non-hydrogen) atoms. The molecule has 206 valence electrons. The lowest BCUT2D eigenvalue weighted by Gasteiger charge is -2.36. The highest BCUT2D eigenvalue weighted by Crippen LogP contribution is 2.42. The molecule has 0 radical (unpaired) electrons. The van der Waals surface area contributed by atoms with Crippen LogP contribution in [0.4, 0.5) is 15.8 Å². The van der Waals surface area contributed by atoms with Gasteiger partial charge in [-0.25, -0.2) is 4.39 Å². The van der Waals surface area contributed by atoms with Crippen LogP contribution in [0.15, 0.2) is 77.7 Å². The van der Waals surface area contributed by atoms with Crippen molar-refractivity contribution in [1.82, 2.24) is 5.32 Å². The molecule has 1 aliphatic heterocycles. The fraction of sp³-hybridized carbons (Fsp3) is 0.355. The zero-order valence-corrected chi connectivity index (χ0v) is 24.0. The maximum atomic E-state index is 13.7. The van der Waals surface area contributed by atoms with Crippen molar-refractivity contribution in [3.63, 3.8) is 0 Å². The van der Waals surface area contributed by atoms with E-state index in [0.29, 0.717) is 12.1 Å². The third kappa shape index (κ3) is 7.34. The second-order valence-corrected chi connectivity index (χ2v) is 11.4. The minimum absolute atomic E-state index is 0.139. The van der Waals surface area contributed by atoms with Crippen molar-refractivity contribution in [2.45, 2.75) is 49.8 Å². The number of anilines is 2. The summed E-state index contributed by atoms with van der Waals surface area (Å²) in [7, 11) is 0. The fourth-order valence-electron chi connectivity index (χ4n) is 4.68. The highest BCUT2D eigenvalue weighted by molar-refractivity contribution is 8.01. The van der Waals surface area contributed by atoms with E-state index in [0.717, 1.165) is 42.9 Å². The Morgan fingerprint density at radius 2 is 1.79 bits per heavy atom. The van der Waals surface area contributed by atoms with Gasteiger partial charge in [-0.05, 0) is 54.8 Å². The normalized spacial score (nSPS) is 15.5. The van der Waals surface area contributed by atoms with Gasteiger partial charge < -0.3 is 15.1 Å². The summed E-state index contributed by atoms with van der Waals surface area (Å²) in [5.41, 5.74) is 2.61. The van der Waals surface area contributed by atoms with Crippen molar-refractivity contribution in [2.24, 2.45) is 5.92 Å². The van der Waals surface area contributed by atoms with Crippen LogP contribution >= 0.6 is 23.4 Å². The van der Waals surface area contributed by atoms with E-state index in [1.54, 1.807) is 17.9 Å². The fourth-order valence-corrected chi connectivity index (χ4v) is 6.19. The molecule has 0 bridgehead atoms. The highest BCUT2D eigenvalue weighted by atomic mass is 35.5. The Hall–Kier alpha value is -3.03. The van der Waals surface area contributed by atoms with Crippen molar-refractivity contribution in [1.29, 1.82) is 0 Å². The standard InChI is InChI=1S/C31H35ClFN3O2S/c1-3-4-18-35(25-11-6-5-7-12-25)19-10-17-34-30(37)22(2)29-31(38)36(27-13-8-9-14-28(27)39-29)21-23-15-16-24(33)20-26(23)32/h5-9,11-16,20,22,29H,3-4,10,17-19,21H2,1-2H3,(H,34,37)/t22-,29+/m1/s1. The van der Waals surface area contributed by atoms with Crippen molar-refractivity contribution in [3.05, 3.63) is 89.2 Å². The number of halogens is 2. The second-order valence-electron chi connectivity index (χ2n) is 9.78. The number of carbonyl (C=O) groups is 2. The third-order valence-corrected chi connectivity index (χ3v) is 8.75. The number of para-hydroxylation sites is 2. The Balaban J connectivity index is 1.39. The van der Waals surface area contributed by atoms with E-state index >= 15 is 0 Å². The zero-order chi connectivity index (χ0) is 27.8. The molecule has 0 aliphatic carbocycles. The number of nitrogens with one attached hydrogen (secondary N) is 1. The van der Waals surface area contributed by atoms with Crippen molar-refractivity contribution >= 4 is 46.6 Å². The van der Waals surface area contributed by atoms with Crippen LogP contribution in [-0.4, -0.2) is 36.7 Å². The van der Waals surface area contributed by atoms with Crippen LogP contribution in [0.2, 0.25) is 5.02 Å². The molecule has 0 saturated carbocycles. The number of amides is 2. The van der Waals surface area contributed by atoms with Gasteiger partial charge in [0.25, 0.3) is 0 Å². The molecule has 0 fully saturated rings. The number of carbonyl (C=O) groups excluding carboxylic acids is 2. The van der Waals surface area contributed by atoms with E-state index in [4.69, 9.17) is 11.6 Å². The monoisotopic (exact) mass is 567 g/mol.